The highest BCUT2D eigenvalue weighted by Gasteiger charge is 2.11. The van der Waals surface area contributed by atoms with Crippen molar-refractivity contribution in [2.75, 3.05) is 6.61 Å². The molecule has 0 saturated heterocycles. The SMILES string of the molecule is OCC(O)c1ccccc1OCc1ccccc1. The zero-order chi connectivity index (χ0) is 12.8. The Balaban J connectivity index is 2.10. The standard InChI is InChI=1S/C15H16O3/c16-10-14(17)13-8-4-5-9-15(13)18-11-12-6-2-1-3-7-12/h1-9,14,16-17H,10-11H2. The first-order valence-electron chi connectivity index (χ1n) is 5.86. The van der Waals surface area contributed by atoms with E-state index in [1.165, 1.54) is 0 Å². The van der Waals surface area contributed by atoms with E-state index in [1.807, 2.05) is 42.5 Å². The van der Waals surface area contributed by atoms with Crippen LogP contribution in [0, 0.1) is 0 Å². The van der Waals surface area contributed by atoms with Gasteiger partial charge in [0.15, 0.2) is 0 Å². The predicted molar refractivity (Wildman–Crippen MR) is 69.3 cm³/mol. The smallest absolute Gasteiger partial charge is 0.125 e. The third-order valence-corrected chi connectivity index (χ3v) is 2.69. The summed E-state index contributed by atoms with van der Waals surface area (Å²) in [6.45, 7) is 0.127. The average molecular weight is 244 g/mol. The molecule has 0 saturated carbocycles. The van der Waals surface area contributed by atoms with Crippen molar-refractivity contribution in [2.24, 2.45) is 0 Å². The Hall–Kier alpha value is -1.84. The topological polar surface area (TPSA) is 49.7 Å². The zero-order valence-electron chi connectivity index (χ0n) is 9.99. The van der Waals surface area contributed by atoms with Crippen molar-refractivity contribution in [2.45, 2.75) is 12.7 Å². The molecule has 1 unspecified atom stereocenters. The van der Waals surface area contributed by atoms with Crippen molar-refractivity contribution in [1.82, 2.24) is 0 Å². The maximum Gasteiger partial charge on any atom is 0.125 e. The number of rotatable bonds is 5. The number of hydrogen-bond acceptors (Lipinski definition) is 3. The van der Waals surface area contributed by atoms with Crippen LogP contribution in [0.1, 0.15) is 17.2 Å². The molecule has 3 heteroatoms. The van der Waals surface area contributed by atoms with Crippen LogP contribution in [0.5, 0.6) is 5.75 Å². The van der Waals surface area contributed by atoms with Gasteiger partial charge in [-0.15, -0.1) is 0 Å². The molecule has 0 aliphatic rings. The maximum atomic E-state index is 9.68. The summed E-state index contributed by atoms with van der Waals surface area (Å²) in [6.07, 6.45) is -0.906. The minimum atomic E-state index is -0.906. The van der Waals surface area contributed by atoms with Crippen LogP contribution in [0.25, 0.3) is 0 Å². The van der Waals surface area contributed by atoms with E-state index < -0.39 is 6.10 Å². The van der Waals surface area contributed by atoms with Crippen LogP contribution in [-0.2, 0) is 6.61 Å². The van der Waals surface area contributed by atoms with Crippen LogP contribution in [0.2, 0.25) is 0 Å². The van der Waals surface area contributed by atoms with E-state index >= 15 is 0 Å². The maximum absolute atomic E-state index is 9.68. The largest absolute Gasteiger partial charge is 0.489 e. The third-order valence-electron chi connectivity index (χ3n) is 2.69. The fourth-order valence-electron chi connectivity index (χ4n) is 1.72. The summed E-state index contributed by atoms with van der Waals surface area (Å²) >= 11 is 0. The number of aliphatic hydroxyl groups is 2. The first kappa shape index (κ1) is 12.6. The highest BCUT2D eigenvalue weighted by Crippen LogP contribution is 2.25. The van der Waals surface area contributed by atoms with Gasteiger partial charge in [-0.2, -0.15) is 0 Å². The predicted octanol–water partition coefficient (Wildman–Crippen LogP) is 2.29. The van der Waals surface area contributed by atoms with Crippen LogP contribution >= 0.6 is 0 Å². The van der Waals surface area contributed by atoms with E-state index in [0.717, 1.165) is 5.56 Å². The Morgan fingerprint density at radius 2 is 1.61 bits per heavy atom. The second kappa shape index (κ2) is 6.19. The second-order valence-electron chi connectivity index (χ2n) is 4.01. The summed E-state index contributed by atoms with van der Waals surface area (Å²) in [5.74, 6) is 0.600. The summed E-state index contributed by atoms with van der Waals surface area (Å²) in [5.41, 5.74) is 1.67. The number of benzene rings is 2. The number of ether oxygens (including phenoxy) is 1. The summed E-state index contributed by atoms with van der Waals surface area (Å²) in [7, 11) is 0. The molecule has 0 fully saturated rings. The zero-order valence-corrected chi connectivity index (χ0v) is 9.99. The van der Waals surface area contributed by atoms with Crippen LogP contribution in [0.15, 0.2) is 54.6 Å². The van der Waals surface area contributed by atoms with Crippen molar-refractivity contribution in [3.63, 3.8) is 0 Å². The van der Waals surface area contributed by atoms with Gasteiger partial charge in [0, 0.05) is 5.56 Å². The van der Waals surface area contributed by atoms with Gasteiger partial charge >= 0.3 is 0 Å². The van der Waals surface area contributed by atoms with Gasteiger partial charge in [0.2, 0.25) is 0 Å². The van der Waals surface area contributed by atoms with Crippen LogP contribution in [-0.4, -0.2) is 16.8 Å². The van der Waals surface area contributed by atoms with E-state index in [2.05, 4.69) is 0 Å². The Kier molecular flexibility index (Phi) is 4.34. The molecule has 2 N–H and O–H groups in total. The molecule has 0 radical (unpaired) electrons. The van der Waals surface area contributed by atoms with Crippen LogP contribution in [0.3, 0.4) is 0 Å². The number of hydrogen-bond donors (Lipinski definition) is 2. The first-order chi connectivity index (χ1) is 8.81. The van der Waals surface area contributed by atoms with Crippen molar-refractivity contribution in [3.05, 3.63) is 65.7 Å². The van der Waals surface area contributed by atoms with Gasteiger partial charge in [0.05, 0.1) is 6.61 Å². The van der Waals surface area contributed by atoms with Crippen molar-refractivity contribution in [3.8, 4) is 5.75 Å². The molecule has 3 nitrogen and oxygen atoms in total. The molecule has 0 amide bonds. The lowest BCUT2D eigenvalue weighted by molar-refractivity contribution is 0.0923. The van der Waals surface area contributed by atoms with Gasteiger partial charge < -0.3 is 14.9 Å². The first-order valence-corrected chi connectivity index (χ1v) is 5.86. The average Bonchev–Trinajstić information content (AvgIpc) is 2.45. The lowest BCUT2D eigenvalue weighted by atomic mass is 10.1. The highest BCUT2D eigenvalue weighted by molar-refractivity contribution is 5.35. The fourth-order valence-corrected chi connectivity index (χ4v) is 1.72. The Labute approximate surface area is 106 Å². The Morgan fingerprint density at radius 3 is 2.33 bits per heavy atom. The second-order valence-corrected chi connectivity index (χ2v) is 4.01. The molecular formula is C15H16O3. The highest BCUT2D eigenvalue weighted by atomic mass is 16.5. The Bertz CT molecular complexity index is 482. The van der Waals surface area contributed by atoms with E-state index in [0.29, 0.717) is 17.9 Å². The Morgan fingerprint density at radius 1 is 0.944 bits per heavy atom. The molecule has 2 rings (SSSR count). The molecule has 0 spiro atoms. The molecule has 0 aliphatic heterocycles. The summed E-state index contributed by atoms with van der Waals surface area (Å²) in [4.78, 5) is 0. The monoisotopic (exact) mass is 244 g/mol. The summed E-state index contributed by atoms with van der Waals surface area (Å²) in [5, 5.41) is 18.7. The molecule has 18 heavy (non-hydrogen) atoms. The fraction of sp³-hybridized carbons (Fsp3) is 0.200. The molecule has 0 heterocycles. The van der Waals surface area contributed by atoms with E-state index in [-0.39, 0.29) is 6.61 Å². The van der Waals surface area contributed by atoms with Gasteiger partial charge in [0.1, 0.15) is 18.5 Å². The molecule has 1 atom stereocenters. The molecule has 0 bridgehead atoms. The lowest BCUT2D eigenvalue weighted by Crippen LogP contribution is -2.06. The van der Waals surface area contributed by atoms with Crippen molar-refractivity contribution in [1.29, 1.82) is 0 Å². The molecule has 94 valence electrons. The number of para-hydroxylation sites is 1. The van der Waals surface area contributed by atoms with Gasteiger partial charge in [-0.25, -0.2) is 0 Å². The van der Waals surface area contributed by atoms with E-state index in [4.69, 9.17) is 9.84 Å². The lowest BCUT2D eigenvalue weighted by Gasteiger charge is -2.14. The van der Waals surface area contributed by atoms with Crippen LogP contribution < -0.4 is 4.74 Å². The number of aliphatic hydroxyl groups excluding tert-OH is 2. The van der Waals surface area contributed by atoms with Gasteiger partial charge in [0.25, 0.3) is 0 Å². The van der Waals surface area contributed by atoms with Gasteiger partial charge in [-0.05, 0) is 11.6 Å². The molecule has 0 aromatic heterocycles. The quantitative estimate of drug-likeness (QED) is 0.848. The molecule has 2 aromatic carbocycles. The molecule has 2 aromatic rings. The minimum absolute atomic E-state index is 0.314. The molecule has 0 aliphatic carbocycles. The minimum Gasteiger partial charge on any atom is -0.489 e. The summed E-state index contributed by atoms with van der Waals surface area (Å²) < 4.78 is 5.68. The molecular weight excluding hydrogens is 228 g/mol. The van der Waals surface area contributed by atoms with Gasteiger partial charge in [-0.3, -0.25) is 0 Å². The normalized spacial score (nSPS) is 12.1. The third kappa shape index (κ3) is 3.09. The van der Waals surface area contributed by atoms with Crippen molar-refractivity contribution < 1.29 is 14.9 Å². The van der Waals surface area contributed by atoms with E-state index in [9.17, 15) is 5.11 Å². The van der Waals surface area contributed by atoms with Crippen LogP contribution in [0.4, 0.5) is 0 Å². The van der Waals surface area contributed by atoms with Crippen molar-refractivity contribution >= 4 is 0 Å². The van der Waals surface area contributed by atoms with Gasteiger partial charge in [-0.1, -0.05) is 48.5 Å². The van der Waals surface area contributed by atoms with E-state index in [1.54, 1.807) is 12.1 Å². The summed E-state index contributed by atoms with van der Waals surface area (Å²) in [6, 6.07) is 17.0.